The molecule has 5 heteroatoms. The number of nitrogens with zero attached hydrogens (tertiary/aromatic N) is 2. The molecule has 1 unspecified atom stereocenters. The van der Waals surface area contributed by atoms with Crippen LogP contribution >= 0.6 is 0 Å². The van der Waals surface area contributed by atoms with Crippen molar-refractivity contribution in [2.75, 3.05) is 11.9 Å². The van der Waals surface area contributed by atoms with Crippen LogP contribution in [0.5, 0.6) is 0 Å². The third-order valence-electron chi connectivity index (χ3n) is 2.82. The normalized spacial score (nSPS) is 16.1. The summed E-state index contributed by atoms with van der Waals surface area (Å²) in [6.07, 6.45) is 2.94. The lowest BCUT2D eigenvalue weighted by Crippen LogP contribution is -2.36. The van der Waals surface area contributed by atoms with Crippen LogP contribution in [-0.4, -0.2) is 29.1 Å². The first-order chi connectivity index (χ1) is 7.09. The monoisotopic (exact) mass is 210 g/mol. The summed E-state index contributed by atoms with van der Waals surface area (Å²) < 4.78 is 5.51. The second-order valence-corrected chi connectivity index (χ2v) is 3.84. The number of hydrogen-bond donors (Lipinski definition) is 1. The molecule has 0 radical (unpaired) electrons. The van der Waals surface area contributed by atoms with Gasteiger partial charge in [-0.1, -0.05) is 0 Å². The van der Waals surface area contributed by atoms with Crippen molar-refractivity contribution in [3.63, 3.8) is 0 Å². The molecule has 5 nitrogen and oxygen atoms in total. The third-order valence-corrected chi connectivity index (χ3v) is 2.82. The Hall–Kier alpha value is -1.52. The van der Waals surface area contributed by atoms with E-state index in [1.807, 2.05) is 0 Å². The average Bonchev–Trinajstić information content (AvgIpc) is 2.74. The van der Waals surface area contributed by atoms with E-state index in [0.717, 1.165) is 30.7 Å². The van der Waals surface area contributed by atoms with Crippen LogP contribution < -0.4 is 4.90 Å². The van der Waals surface area contributed by atoms with Gasteiger partial charge in [0.1, 0.15) is 11.8 Å². The molecule has 1 heterocycles. The van der Waals surface area contributed by atoms with Crippen LogP contribution in [-0.2, 0) is 17.6 Å². The minimum Gasteiger partial charge on any atom is -0.480 e. The van der Waals surface area contributed by atoms with Crippen molar-refractivity contribution >= 4 is 12.0 Å². The van der Waals surface area contributed by atoms with Gasteiger partial charge < -0.3 is 14.4 Å². The number of fused-ring (bicyclic) bond motifs is 1. The number of aromatic nitrogens is 1. The standard InChI is InChI=1S/C10H14N2O3/c1-6(9(13)14)12(2)10-11-7-4-3-5-8(7)15-10/h6H,3-5H2,1-2H3,(H,13,14). The van der Waals surface area contributed by atoms with E-state index in [-0.39, 0.29) is 0 Å². The molecule has 0 saturated heterocycles. The van der Waals surface area contributed by atoms with Gasteiger partial charge in [0, 0.05) is 13.5 Å². The molecule has 1 aromatic rings. The lowest BCUT2D eigenvalue weighted by atomic mass is 10.3. The molecular weight excluding hydrogens is 196 g/mol. The van der Waals surface area contributed by atoms with Crippen molar-refractivity contribution < 1.29 is 14.3 Å². The number of likely N-dealkylation sites (N-methyl/N-ethyl adjacent to an activating group) is 1. The van der Waals surface area contributed by atoms with Gasteiger partial charge in [-0.2, -0.15) is 4.98 Å². The Balaban J connectivity index is 2.19. The van der Waals surface area contributed by atoms with Gasteiger partial charge in [0.25, 0.3) is 6.01 Å². The number of carboxylic acids is 1. The van der Waals surface area contributed by atoms with E-state index in [0.29, 0.717) is 6.01 Å². The predicted octanol–water partition coefficient (Wildman–Crippen LogP) is 1.07. The summed E-state index contributed by atoms with van der Waals surface area (Å²) in [7, 11) is 1.68. The number of anilines is 1. The molecule has 0 saturated carbocycles. The summed E-state index contributed by atoms with van der Waals surface area (Å²) in [5.74, 6) is 0.0327. The maximum atomic E-state index is 10.8. The first-order valence-corrected chi connectivity index (χ1v) is 5.04. The number of oxazole rings is 1. The van der Waals surface area contributed by atoms with E-state index >= 15 is 0 Å². The van der Waals surface area contributed by atoms with Gasteiger partial charge >= 0.3 is 5.97 Å². The van der Waals surface area contributed by atoms with Gasteiger partial charge in [-0.05, 0) is 19.8 Å². The van der Waals surface area contributed by atoms with Crippen LogP contribution in [0, 0.1) is 0 Å². The highest BCUT2D eigenvalue weighted by atomic mass is 16.4. The zero-order valence-corrected chi connectivity index (χ0v) is 8.86. The highest BCUT2D eigenvalue weighted by Gasteiger charge is 2.25. The molecule has 15 heavy (non-hydrogen) atoms. The predicted molar refractivity (Wildman–Crippen MR) is 54.0 cm³/mol. The van der Waals surface area contributed by atoms with E-state index in [9.17, 15) is 4.79 Å². The maximum absolute atomic E-state index is 10.8. The van der Waals surface area contributed by atoms with Crippen molar-refractivity contribution in [3.8, 4) is 0 Å². The van der Waals surface area contributed by atoms with Crippen molar-refractivity contribution in [2.24, 2.45) is 0 Å². The average molecular weight is 210 g/mol. The Kier molecular flexibility index (Phi) is 2.38. The summed E-state index contributed by atoms with van der Waals surface area (Å²) in [6.45, 7) is 1.61. The maximum Gasteiger partial charge on any atom is 0.326 e. The summed E-state index contributed by atoms with van der Waals surface area (Å²) in [5, 5.41) is 8.85. The first kappa shape index (κ1) is 10.0. The molecule has 0 amide bonds. The van der Waals surface area contributed by atoms with Gasteiger partial charge in [0.05, 0.1) is 5.69 Å². The SMILES string of the molecule is CC(C(=O)O)N(C)c1nc2c(o1)CCC2. The molecular formula is C10H14N2O3. The molecule has 1 atom stereocenters. The minimum atomic E-state index is -0.879. The van der Waals surface area contributed by atoms with E-state index in [1.165, 1.54) is 0 Å². The summed E-state index contributed by atoms with van der Waals surface area (Å²) in [6, 6.07) is -0.210. The molecule has 0 aliphatic heterocycles. The Labute approximate surface area is 87.7 Å². The van der Waals surface area contributed by atoms with Gasteiger partial charge in [0.15, 0.2) is 0 Å². The smallest absolute Gasteiger partial charge is 0.326 e. The van der Waals surface area contributed by atoms with Crippen LogP contribution in [0.4, 0.5) is 6.01 Å². The highest BCUT2D eigenvalue weighted by molar-refractivity contribution is 5.76. The number of carboxylic acid groups (broad SMARTS) is 1. The Morgan fingerprint density at radius 1 is 1.60 bits per heavy atom. The molecule has 1 N–H and O–H groups in total. The number of carbonyl (C=O) groups is 1. The number of hydrogen-bond acceptors (Lipinski definition) is 4. The topological polar surface area (TPSA) is 66.6 Å². The molecule has 0 bridgehead atoms. The molecule has 0 aromatic carbocycles. The fourth-order valence-electron chi connectivity index (χ4n) is 1.66. The van der Waals surface area contributed by atoms with Gasteiger partial charge in [-0.3, -0.25) is 0 Å². The van der Waals surface area contributed by atoms with Gasteiger partial charge in [-0.15, -0.1) is 0 Å². The van der Waals surface area contributed by atoms with Crippen molar-refractivity contribution in [1.82, 2.24) is 4.98 Å². The second-order valence-electron chi connectivity index (χ2n) is 3.84. The molecule has 1 aliphatic carbocycles. The number of rotatable bonds is 3. The zero-order chi connectivity index (χ0) is 11.0. The summed E-state index contributed by atoms with van der Waals surface area (Å²) in [5.41, 5.74) is 0.981. The fourth-order valence-corrected chi connectivity index (χ4v) is 1.66. The quantitative estimate of drug-likeness (QED) is 0.808. The molecule has 0 spiro atoms. The summed E-state index contributed by atoms with van der Waals surface area (Å²) in [4.78, 5) is 16.6. The number of aliphatic carboxylic acids is 1. The fraction of sp³-hybridized carbons (Fsp3) is 0.600. The van der Waals surface area contributed by atoms with Crippen LogP contribution in [0.15, 0.2) is 4.42 Å². The van der Waals surface area contributed by atoms with Crippen LogP contribution in [0.3, 0.4) is 0 Å². The molecule has 2 rings (SSSR count). The van der Waals surface area contributed by atoms with E-state index in [4.69, 9.17) is 9.52 Å². The third kappa shape index (κ3) is 1.69. The van der Waals surface area contributed by atoms with E-state index < -0.39 is 12.0 Å². The Morgan fingerprint density at radius 3 is 2.93 bits per heavy atom. The molecule has 1 aromatic heterocycles. The first-order valence-electron chi connectivity index (χ1n) is 5.04. The zero-order valence-electron chi connectivity index (χ0n) is 8.86. The van der Waals surface area contributed by atoms with Crippen molar-refractivity contribution in [2.45, 2.75) is 32.2 Å². The second kappa shape index (κ2) is 3.56. The Morgan fingerprint density at radius 2 is 2.33 bits per heavy atom. The van der Waals surface area contributed by atoms with E-state index in [2.05, 4.69) is 4.98 Å². The van der Waals surface area contributed by atoms with Crippen LogP contribution in [0.25, 0.3) is 0 Å². The lowest BCUT2D eigenvalue weighted by molar-refractivity contribution is -0.138. The largest absolute Gasteiger partial charge is 0.480 e. The Bertz CT molecular complexity index is 365. The minimum absolute atomic E-state index is 0.412. The van der Waals surface area contributed by atoms with Crippen molar-refractivity contribution in [3.05, 3.63) is 11.5 Å². The van der Waals surface area contributed by atoms with Crippen LogP contribution in [0.1, 0.15) is 24.8 Å². The van der Waals surface area contributed by atoms with Gasteiger partial charge in [0.2, 0.25) is 0 Å². The van der Waals surface area contributed by atoms with E-state index in [1.54, 1.807) is 18.9 Å². The van der Waals surface area contributed by atoms with Crippen molar-refractivity contribution in [1.29, 1.82) is 0 Å². The van der Waals surface area contributed by atoms with Gasteiger partial charge in [-0.25, -0.2) is 4.79 Å². The van der Waals surface area contributed by atoms with Crippen LogP contribution in [0.2, 0.25) is 0 Å². The number of aryl methyl sites for hydroxylation is 2. The lowest BCUT2D eigenvalue weighted by Gasteiger charge is -2.18. The summed E-state index contributed by atoms with van der Waals surface area (Å²) >= 11 is 0. The molecule has 1 aliphatic rings. The molecule has 0 fully saturated rings. The molecule has 82 valence electrons. The highest BCUT2D eigenvalue weighted by Crippen LogP contribution is 2.26.